The van der Waals surface area contributed by atoms with E-state index in [0.29, 0.717) is 11.7 Å². The Balaban J connectivity index is 1.75. The van der Waals surface area contributed by atoms with Crippen LogP contribution in [0.25, 0.3) is 0 Å². The number of nitrogens with one attached hydrogen (secondary N) is 2. The van der Waals surface area contributed by atoms with Gasteiger partial charge in [-0.25, -0.2) is 0 Å². The van der Waals surface area contributed by atoms with Gasteiger partial charge in [0.2, 0.25) is 5.91 Å². The molecule has 3 rings (SSSR count). The van der Waals surface area contributed by atoms with Crippen molar-refractivity contribution in [3.05, 3.63) is 28.3 Å². The van der Waals surface area contributed by atoms with Crippen molar-refractivity contribution in [2.24, 2.45) is 5.92 Å². The highest BCUT2D eigenvalue weighted by Crippen LogP contribution is 2.35. The molecule has 9 nitrogen and oxygen atoms in total. The van der Waals surface area contributed by atoms with Gasteiger partial charge in [0, 0.05) is 18.2 Å². The number of ether oxygens (including phenoxy) is 1. The van der Waals surface area contributed by atoms with E-state index in [4.69, 9.17) is 4.74 Å². The highest BCUT2D eigenvalue weighted by Gasteiger charge is 2.30. The van der Waals surface area contributed by atoms with E-state index in [1.165, 1.54) is 23.1 Å². The number of benzene rings is 1. The Hall–Kier alpha value is -2.68. The number of anilines is 1. The van der Waals surface area contributed by atoms with Gasteiger partial charge in [-0.05, 0) is 31.5 Å². The van der Waals surface area contributed by atoms with Gasteiger partial charge >= 0.3 is 0 Å². The summed E-state index contributed by atoms with van der Waals surface area (Å²) >= 11 is 0. The number of carbonyl (C=O) groups is 2. The molecule has 25 heavy (non-hydrogen) atoms. The first-order valence-electron chi connectivity index (χ1n) is 8.17. The van der Waals surface area contributed by atoms with E-state index < -0.39 is 10.8 Å². The average molecular weight is 348 g/mol. The third kappa shape index (κ3) is 3.71. The monoisotopic (exact) mass is 348 g/mol. The van der Waals surface area contributed by atoms with Gasteiger partial charge in [0.1, 0.15) is 12.3 Å². The molecule has 1 fully saturated rings. The molecule has 0 radical (unpaired) electrons. The summed E-state index contributed by atoms with van der Waals surface area (Å²) in [6.45, 7) is 3.34. The van der Waals surface area contributed by atoms with E-state index in [0.717, 1.165) is 19.5 Å². The van der Waals surface area contributed by atoms with Crippen LogP contribution in [-0.2, 0) is 9.59 Å². The fourth-order valence-electron chi connectivity index (χ4n) is 3.10. The van der Waals surface area contributed by atoms with Gasteiger partial charge in [0.15, 0.2) is 6.61 Å². The van der Waals surface area contributed by atoms with Crippen molar-refractivity contribution in [2.75, 3.05) is 31.1 Å². The lowest BCUT2D eigenvalue weighted by atomic mass is 9.95. The largest absolute Gasteiger partial charge is 0.482 e. The summed E-state index contributed by atoms with van der Waals surface area (Å²) in [5.41, 5.74) is 0.0911. The second kappa shape index (κ2) is 7.06. The van der Waals surface area contributed by atoms with Crippen LogP contribution in [0.4, 0.5) is 11.4 Å². The van der Waals surface area contributed by atoms with Gasteiger partial charge < -0.3 is 15.4 Å². The van der Waals surface area contributed by atoms with Crippen molar-refractivity contribution in [1.82, 2.24) is 10.6 Å². The zero-order valence-electron chi connectivity index (χ0n) is 13.9. The molecule has 2 amide bonds. The Morgan fingerprint density at radius 1 is 1.52 bits per heavy atom. The standard InChI is InChI=1S/C16H20N4O5/c1-10-7-17-5-4-12(10)18-15(21)8-19-13-6-11(20(23)24)2-3-14(13)25-9-16(19)22/h2-3,6,10,12,17H,4-5,7-9H2,1H3,(H,18,21). The van der Waals surface area contributed by atoms with Gasteiger partial charge in [-0.2, -0.15) is 0 Å². The number of non-ortho nitro benzene ring substituents is 1. The normalized spacial score (nSPS) is 22.8. The van der Waals surface area contributed by atoms with Crippen molar-refractivity contribution < 1.29 is 19.2 Å². The molecule has 0 spiro atoms. The molecule has 0 bridgehead atoms. The van der Waals surface area contributed by atoms with E-state index in [1.54, 1.807) is 0 Å². The van der Waals surface area contributed by atoms with Crippen LogP contribution in [0.1, 0.15) is 13.3 Å². The van der Waals surface area contributed by atoms with Crippen molar-refractivity contribution in [3.8, 4) is 5.75 Å². The second-order valence-corrected chi connectivity index (χ2v) is 6.32. The maximum Gasteiger partial charge on any atom is 0.271 e. The van der Waals surface area contributed by atoms with Crippen LogP contribution in [0.3, 0.4) is 0 Å². The number of carbonyl (C=O) groups excluding carboxylic acids is 2. The van der Waals surface area contributed by atoms with Crippen LogP contribution in [0.2, 0.25) is 0 Å². The Labute approximate surface area is 144 Å². The van der Waals surface area contributed by atoms with Crippen molar-refractivity contribution >= 4 is 23.2 Å². The maximum atomic E-state index is 12.4. The fraction of sp³-hybridized carbons (Fsp3) is 0.500. The van der Waals surface area contributed by atoms with Crippen molar-refractivity contribution in [2.45, 2.75) is 19.4 Å². The van der Waals surface area contributed by atoms with Crippen LogP contribution in [0.15, 0.2) is 18.2 Å². The molecule has 2 heterocycles. The predicted octanol–water partition coefficient (Wildman–Crippen LogP) is 0.434. The molecule has 134 valence electrons. The van der Waals surface area contributed by atoms with Crippen LogP contribution < -0.4 is 20.3 Å². The van der Waals surface area contributed by atoms with Gasteiger partial charge in [0.05, 0.1) is 10.6 Å². The van der Waals surface area contributed by atoms with Crippen molar-refractivity contribution in [3.63, 3.8) is 0 Å². The molecule has 2 unspecified atom stereocenters. The average Bonchev–Trinajstić information content (AvgIpc) is 2.59. The Morgan fingerprint density at radius 3 is 3.04 bits per heavy atom. The third-order valence-corrected chi connectivity index (χ3v) is 4.53. The lowest BCUT2D eigenvalue weighted by molar-refractivity contribution is -0.384. The number of rotatable bonds is 4. The number of amides is 2. The molecule has 1 aromatic rings. The number of nitro groups is 1. The zero-order valence-corrected chi connectivity index (χ0v) is 13.9. The molecule has 2 N–H and O–H groups in total. The minimum absolute atomic E-state index is 0.0504. The molecule has 2 atom stereocenters. The molecule has 0 saturated carbocycles. The molecule has 1 aromatic carbocycles. The van der Waals surface area contributed by atoms with E-state index >= 15 is 0 Å². The van der Waals surface area contributed by atoms with Crippen molar-refractivity contribution in [1.29, 1.82) is 0 Å². The van der Waals surface area contributed by atoms with Gasteiger partial charge in [-0.15, -0.1) is 0 Å². The molecule has 2 aliphatic rings. The summed E-state index contributed by atoms with van der Waals surface area (Å²) in [4.78, 5) is 36.2. The van der Waals surface area contributed by atoms with Crippen LogP contribution in [0, 0.1) is 16.0 Å². The van der Waals surface area contributed by atoms with E-state index in [1.807, 2.05) is 0 Å². The van der Waals surface area contributed by atoms with E-state index in [2.05, 4.69) is 17.6 Å². The number of piperidine rings is 1. The van der Waals surface area contributed by atoms with Crippen LogP contribution in [-0.4, -0.2) is 49.0 Å². The number of nitrogens with zero attached hydrogens (tertiary/aromatic N) is 2. The molecule has 9 heteroatoms. The number of hydrogen-bond acceptors (Lipinski definition) is 6. The Kier molecular flexibility index (Phi) is 4.84. The summed E-state index contributed by atoms with van der Waals surface area (Å²) in [7, 11) is 0. The fourth-order valence-corrected chi connectivity index (χ4v) is 3.10. The minimum atomic E-state index is -0.547. The molecule has 0 aliphatic carbocycles. The Bertz CT molecular complexity index is 708. The van der Waals surface area contributed by atoms with E-state index in [9.17, 15) is 19.7 Å². The molecular formula is C16H20N4O5. The number of nitro benzene ring substituents is 1. The second-order valence-electron chi connectivity index (χ2n) is 6.32. The van der Waals surface area contributed by atoms with Crippen LogP contribution >= 0.6 is 0 Å². The first-order chi connectivity index (χ1) is 12.0. The predicted molar refractivity (Wildman–Crippen MR) is 89.5 cm³/mol. The third-order valence-electron chi connectivity index (χ3n) is 4.53. The van der Waals surface area contributed by atoms with Gasteiger partial charge in [-0.1, -0.05) is 6.92 Å². The van der Waals surface area contributed by atoms with Crippen LogP contribution in [0.5, 0.6) is 5.75 Å². The number of fused-ring (bicyclic) bond motifs is 1. The van der Waals surface area contributed by atoms with Gasteiger partial charge in [0.25, 0.3) is 11.6 Å². The molecule has 1 saturated heterocycles. The smallest absolute Gasteiger partial charge is 0.271 e. The lowest BCUT2D eigenvalue weighted by Gasteiger charge is -2.32. The SMILES string of the molecule is CC1CNCCC1NC(=O)CN1C(=O)COc2ccc([N+](=O)[O-])cc21. The highest BCUT2D eigenvalue weighted by molar-refractivity contribution is 6.02. The Morgan fingerprint density at radius 2 is 2.32 bits per heavy atom. The first-order valence-corrected chi connectivity index (χ1v) is 8.17. The highest BCUT2D eigenvalue weighted by atomic mass is 16.6. The maximum absolute atomic E-state index is 12.4. The summed E-state index contributed by atoms with van der Waals surface area (Å²) in [5.74, 6) is -0.0346. The number of hydrogen-bond donors (Lipinski definition) is 2. The zero-order chi connectivity index (χ0) is 18.0. The quantitative estimate of drug-likeness (QED) is 0.603. The minimum Gasteiger partial charge on any atom is -0.482 e. The summed E-state index contributed by atoms with van der Waals surface area (Å²) < 4.78 is 5.30. The van der Waals surface area contributed by atoms with Gasteiger partial charge in [-0.3, -0.25) is 24.6 Å². The summed E-state index contributed by atoms with van der Waals surface area (Å²) in [5, 5.41) is 17.2. The molecule has 2 aliphatic heterocycles. The molecular weight excluding hydrogens is 328 g/mol. The lowest BCUT2D eigenvalue weighted by Crippen LogP contribution is -2.52. The summed E-state index contributed by atoms with van der Waals surface area (Å²) in [6.07, 6.45) is 0.825. The molecule has 0 aromatic heterocycles. The first kappa shape index (κ1) is 17.2. The topological polar surface area (TPSA) is 114 Å². The summed E-state index contributed by atoms with van der Waals surface area (Å²) in [6, 6.07) is 4.06. The van der Waals surface area contributed by atoms with E-state index in [-0.39, 0.29) is 36.5 Å².